The van der Waals surface area contributed by atoms with E-state index in [1.54, 1.807) is 36.4 Å². The van der Waals surface area contributed by atoms with Crippen molar-refractivity contribution in [2.45, 2.75) is 10.1 Å². The van der Waals surface area contributed by atoms with Crippen LogP contribution in [0.15, 0.2) is 96.0 Å². The molecule has 0 fully saturated rings. The minimum atomic E-state index is -1.42. The summed E-state index contributed by atoms with van der Waals surface area (Å²) in [5, 5.41) is 23.8. The molecular weight excluding hydrogens is 542 g/mol. The second-order valence-electron chi connectivity index (χ2n) is 8.11. The third-order valence-electron chi connectivity index (χ3n) is 5.43. The van der Waals surface area contributed by atoms with Gasteiger partial charge < -0.3 is 20.8 Å². The summed E-state index contributed by atoms with van der Waals surface area (Å²) in [7, 11) is 0. The zero-order chi connectivity index (χ0) is 27.9. The number of thioether (sulfide) groups is 1. The van der Waals surface area contributed by atoms with Gasteiger partial charge in [-0.2, -0.15) is 0 Å². The molecule has 3 aromatic carbocycles. The molecule has 0 aliphatic carbocycles. The Labute approximate surface area is 231 Å². The smallest absolute Gasteiger partial charge is 0.336 e. The lowest BCUT2D eigenvalue weighted by Crippen LogP contribution is -2.19. The molecule has 4 aromatic rings. The van der Waals surface area contributed by atoms with Gasteiger partial charge in [0.2, 0.25) is 5.91 Å². The lowest BCUT2D eigenvalue weighted by atomic mass is 10.0. The van der Waals surface area contributed by atoms with Gasteiger partial charge in [0.1, 0.15) is 11.1 Å². The molecule has 4 rings (SSSR count). The summed E-state index contributed by atoms with van der Waals surface area (Å²) in [6.07, 6.45) is 1.44. The number of carboxylic acid groups (broad SMARTS) is 2. The summed E-state index contributed by atoms with van der Waals surface area (Å²) < 4.78 is 0. The molecule has 0 bridgehead atoms. The van der Waals surface area contributed by atoms with Crippen LogP contribution in [0.3, 0.4) is 0 Å². The van der Waals surface area contributed by atoms with Gasteiger partial charge in [-0.15, -0.1) is 11.8 Å². The van der Waals surface area contributed by atoms with Gasteiger partial charge in [-0.3, -0.25) is 9.59 Å². The van der Waals surface area contributed by atoms with Gasteiger partial charge in [-0.05, 0) is 60.2 Å². The number of hydrogen-bond donors (Lipinski definition) is 4. The highest BCUT2D eigenvalue weighted by Crippen LogP contribution is 2.36. The van der Waals surface area contributed by atoms with Gasteiger partial charge in [0, 0.05) is 16.8 Å². The summed E-state index contributed by atoms with van der Waals surface area (Å²) in [6, 6.07) is 22.4. The molecule has 9 nitrogen and oxygen atoms in total. The number of anilines is 2. The van der Waals surface area contributed by atoms with Crippen molar-refractivity contribution in [1.82, 2.24) is 4.98 Å². The van der Waals surface area contributed by atoms with Crippen LogP contribution in [0.2, 0.25) is 5.02 Å². The number of carbonyl (C=O) groups is 4. The number of pyridine rings is 1. The Hall–Kier alpha value is -4.67. The highest BCUT2D eigenvalue weighted by Gasteiger charge is 2.23. The van der Waals surface area contributed by atoms with Crippen molar-refractivity contribution in [2.75, 3.05) is 10.6 Å². The fourth-order valence-corrected chi connectivity index (χ4v) is 4.68. The van der Waals surface area contributed by atoms with E-state index in [1.165, 1.54) is 18.0 Å². The average molecular weight is 562 g/mol. The Bertz CT molecular complexity index is 1530. The number of benzene rings is 3. The van der Waals surface area contributed by atoms with Crippen molar-refractivity contribution >= 4 is 58.6 Å². The number of aromatic nitrogens is 1. The maximum atomic E-state index is 13.2. The van der Waals surface area contributed by atoms with E-state index >= 15 is 0 Å². The first-order valence-electron chi connectivity index (χ1n) is 11.4. The van der Waals surface area contributed by atoms with Crippen LogP contribution in [-0.2, 0) is 4.79 Å². The van der Waals surface area contributed by atoms with Gasteiger partial charge in [0.25, 0.3) is 5.91 Å². The second-order valence-corrected chi connectivity index (χ2v) is 9.72. The summed E-state index contributed by atoms with van der Waals surface area (Å²) in [5.41, 5.74) is 0.314. The van der Waals surface area contributed by atoms with Crippen molar-refractivity contribution in [3.63, 3.8) is 0 Å². The van der Waals surface area contributed by atoms with E-state index in [9.17, 15) is 24.3 Å². The Balaban J connectivity index is 1.50. The Kier molecular flexibility index (Phi) is 8.60. The largest absolute Gasteiger partial charge is 0.478 e. The predicted molar refractivity (Wildman–Crippen MR) is 148 cm³/mol. The van der Waals surface area contributed by atoms with Crippen LogP contribution in [0.4, 0.5) is 11.5 Å². The van der Waals surface area contributed by atoms with Gasteiger partial charge in [0.15, 0.2) is 0 Å². The summed E-state index contributed by atoms with van der Waals surface area (Å²) in [4.78, 5) is 53.5. The predicted octanol–water partition coefficient (Wildman–Crippen LogP) is 5.86. The Morgan fingerprint density at radius 1 is 0.795 bits per heavy atom. The first-order valence-corrected chi connectivity index (χ1v) is 12.6. The molecule has 0 spiro atoms. The number of hydrogen-bond acceptors (Lipinski definition) is 6. The number of carbonyl (C=O) groups excluding carboxylic acids is 2. The van der Waals surface area contributed by atoms with E-state index in [-0.39, 0.29) is 17.0 Å². The van der Waals surface area contributed by atoms with Crippen LogP contribution >= 0.6 is 23.4 Å². The maximum Gasteiger partial charge on any atom is 0.336 e. The molecule has 1 heterocycles. The molecule has 0 radical (unpaired) electrons. The SMILES string of the molecule is O=C(O)c1ccc(C(=O)Nc2ccc(SC(C(=O)Nc3ccc(Cl)cn3)c3ccccc3)cc2)c(C(=O)O)c1. The average Bonchev–Trinajstić information content (AvgIpc) is 2.93. The molecular formula is C28H20ClN3O6S. The summed E-state index contributed by atoms with van der Waals surface area (Å²) in [5.74, 6) is -3.36. The molecule has 2 amide bonds. The molecule has 196 valence electrons. The standard InChI is InChI=1S/C28H20ClN3O6S/c29-18-7-13-23(30-15-18)32-26(34)24(16-4-2-1-3-5-16)39-20-10-8-19(9-11-20)31-25(33)21-12-6-17(27(35)36)14-22(21)28(37)38/h1-15,24H,(H,31,33)(H,35,36)(H,37,38)(H,30,32,34). The number of nitrogens with zero attached hydrogens (tertiary/aromatic N) is 1. The van der Waals surface area contributed by atoms with Crippen molar-refractivity contribution in [3.05, 3.63) is 118 Å². The normalized spacial score (nSPS) is 11.3. The van der Waals surface area contributed by atoms with E-state index in [1.807, 2.05) is 30.3 Å². The number of halogens is 1. The summed E-state index contributed by atoms with van der Waals surface area (Å²) in [6.45, 7) is 0. The fraction of sp³-hybridized carbons (Fsp3) is 0.0357. The van der Waals surface area contributed by atoms with E-state index < -0.39 is 28.7 Å². The second kappa shape index (κ2) is 12.2. The van der Waals surface area contributed by atoms with Crippen LogP contribution < -0.4 is 10.6 Å². The molecule has 1 unspecified atom stereocenters. The third-order valence-corrected chi connectivity index (χ3v) is 6.92. The maximum absolute atomic E-state index is 13.2. The van der Waals surface area contributed by atoms with Crippen molar-refractivity contribution < 1.29 is 29.4 Å². The zero-order valence-corrected chi connectivity index (χ0v) is 21.6. The van der Waals surface area contributed by atoms with E-state index in [0.717, 1.165) is 28.7 Å². The van der Waals surface area contributed by atoms with E-state index in [2.05, 4.69) is 15.6 Å². The highest BCUT2D eigenvalue weighted by atomic mass is 35.5. The molecule has 0 saturated heterocycles. The van der Waals surface area contributed by atoms with Gasteiger partial charge in [-0.25, -0.2) is 14.6 Å². The van der Waals surface area contributed by atoms with Crippen molar-refractivity contribution in [3.8, 4) is 0 Å². The van der Waals surface area contributed by atoms with Crippen LogP contribution in [-0.4, -0.2) is 39.0 Å². The number of carboxylic acids is 2. The molecule has 1 aromatic heterocycles. The van der Waals surface area contributed by atoms with Crippen LogP contribution in [0.25, 0.3) is 0 Å². The van der Waals surface area contributed by atoms with E-state index in [4.69, 9.17) is 16.7 Å². The summed E-state index contributed by atoms with van der Waals surface area (Å²) >= 11 is 7.17. The topological polar surface area (TPSA) is 146 Å². The fourth-order valence-electron chi connectivity index (χ4n) is 3.55. The Morgan fingerprint density at radius 2 is 1.51 bits per heavy atom. The monoisotopic (exact) mass is 561 g/mol. The van der Waals surface area contributed by atoms with Gasteiger partial charge in [-0.1, -0.05) is 41.9 Å². The van der Waals surface area contributed by atoms with Crippen LogP contribution in [0.1, 0.15) is 41.9 Å². The van der Waals surface area contributed by atoms with Crippen LogP contribution in [0.5, 0.6) is 0 Å². The first-order chi connectivity index (χ1) is 18.7. The van der Waals surface area contributed by atoms with Gasteiger partial charge >= 0.3 is 11.9 Å². The third kappa shape index (κ3) is 7.01. The quantitative estimate of drug-likeness (QED) is 0.186. The minimum absolute atomic E-state index is 0.178. The number of amides is 2. The number of nitrogens with one attached hydrogen (secondary N) is 2. The molecule has 11 heteroatoms. The molecule has 4 N–H and O–H groups in total. The minimum Gasteiger partial charge on any atom is -0.478 e. The van der Waals surface area contributed by atoms with Crippen LogP contribution in [0, 0.1) is 0 Å². The van der Waals surface area contributed by atoms with Crippen molar-refractivity contribution in [1.29, 1.82) is 0 Å². The van der Waals surface area contributed by atoms with Gasteiger partial charge in [0.05, 0.1) is 21.7 Å². The van der Waals surface area contributed by atoms with Crippen molar-refractivity contribution in [2.24, 2.45) is 0 Å². The molecule has 0 aliphatic rings. The highest BCUT2D eigenvalue weighted by molar-refractivity contribution is 8.00. The molecule has 0 aliphatic heterocycles. The zero-order valence-electron chi connectivity index (χ0n) is 20.0. The lowest BCUT2D eigenvalue weighted by molar-refractivity contribution is -0.115. The number of rotatable bonds is 9. The number of aromatic carboxylic acids is 2. The Morgan fingerprint density at radius 3 is 2.13 bits per heavy atom. The lowest BCUT2D eigenvalue weighted by Gasteiger charge is -2.17. The van der Waals surface area contributed by atoms with E-state index in [0.29, 0.717) is 16.5 Å². The molecule has 0 saturated carbocycles. The molecule has 39 heavy (non-hydrogen) atoms. The molecule has 1 atom stereocenters. The first kappa shape index (κ1) is 27.4.